The highest BCUT2D eigenvalue weighted by Crippen LogP contribution is 2.30. The zero-order valence-electron chi connectivity index (χ0n) is 17.5. The number of piperazine rings is 1. The lowest BCUT2D eigenvalue weighted by Crippen LogP contribution is -2.44. The molecule has 0 unspecified atom stereocenters. The lowest BCUT2D eigenvalue weighted by Gasteiger charge is -2.34. The van der Waals surface area contributed by atoms with E-state index in [0.29, 0.717) is 0 Å². The Labute approximate surface area is 173 Å². The number of rotatable bonds is 5. The van der Waals surface area contributed by atoms with Crippen LogP contribution in [0.2, 0.25) is 0 Å². The SMILES string of the molecule is C[C@H](Oc1cccc2c1CCCC2)C(=O)Nc1ccc(N2CCN(C)CC2)cc1. The minimum absolute atomic E-state index is 0.120. The summed E-state index contributed by atoms with van der Waals surface area (Å²) in [7, 11) is 2.16. The zero-order valence-corrected chi connectivity index (χ0v) is 17.5. The molecule has 154 valence electrons. The van der Waals surface area contributed by atoms with Gasteiger partial charge < -0.3 is 19.9 Å². The standard InChI is InChI=1S/C24H31N3O2/c1-18(29-23-9-5-7-19-6-3-4-8-22(19)23)24(28)25-20-10-12-21(13-11-20)27-16-14-26(2)15-17-27/h5,7,9-13,18H,3-4,6,8,14-17H2,1-2H3,(H,25,28)/t18-/m0/s1. The number of benzene rings is 2. The quantitative estimate of drug-likeness (QED) is 0.841. The predicted octanol–water partition coefficient (Wildman–Crippen LogP) is 3.72. The van der Waals surface area contributed by atoms with Crippen LogP contribution in [0.15, 0.2) is 42.5 Å². The molecule has 0 aromatic heterocycles. The Bertz CT molecular complexity index is 842. The number of carbonyl (C=O) groups excluding carboxylic acids is 1. The first kappa shape index (κ1) is 19.8. The molecule has 1 saturated heterocycles. The fourth-order valence-corrected chi connectivity index (χ4v) is 4.16. The molecular formula is C24H31N3O2. The van der Waals surface area contributed by atoms with Gasteiger partial charge >= 0.3 is 0 Å². The van der Waals surface area contributed by atoms with Crippen molar-refractivity contribution in [2.45, 2.75) is 38.7 Å². The molecule has 2 aromatic carbocycles. The van der Waals surface area contributed by atoms with Gasteiger partial charge in [-0.05, 0) is 81.1 Å². The Morgan fingerprint density at radius 2 is 1.72 bits per heavy atom. The van der Waals surface area contributed by atoms with E-state index in [2.05, 4.69) is 40.4 Å². The summed E-state index contributed by atoms with van der Waals surface area (Å²) in [6.07, 6.45) is 4.02. The third-order valence-corrected chi connectivity index (χ3v) is 6.03. The molecule has 0 radical (unpaired) electrons. The van der Waals surface area contributed by atoms with Crippen molar-refractivity contribution >= 4 is 17.3 Å². The number of anilines is 2. The highest BCUT2D eigenvalue weighted by Gasteiger charge is 2.20. The number of carbonyl (C=O) groups is 1. The number of nitrogens with one attached hydrogen (secondary N) is 1. The van der Waals surface area contributed by atoms with Crippen molar-refractivity contribution < 1.29 is 9.53 Å². The fourth-order valence-electron chi connectivity index (χ4n) is 4.16. The molecule has 5 nitrogen and oxygen atoms in total. The molecule has 1 aliphatic carbocycles. The van der Waals surface area contributed by atoms with E-state index in [9.17, 15) is 4.79 Å². The van der Waals surface area contributed by atoms with Crippen molar-refractivity contribution in [3.63, 3.8) is 0 Å². The molecular weight excluding hydrogens is 362 g/mol. The fraction of sp³-hybridized carbons (Fsp3) is 0.458. The second-order valence-electron chi connectivity index (χ2n) is 8.19. The number of likely N-dealkylation sites (N-methyl/N-ethyl adjacent to an activating group) is 1. The topological polar surface area (TPSA) is 44.8 Å². The first-order chi connectivity index (χ1) is 14.1. The first-order valence-electron chi connectivity index (χ1n) is 10.7. The van der Waals surface area contributed by atoms with Crippen LogP contribution in [0.3, 0.4) is 0 Å². The van der Waals surface area contributed by atoms with Gasteiger partial charge in [-0.2, -0.15) is 0 Å². The zero-order chi connectivity index (χ0) is 20.2. The average Bonchev–Trinajstić information content (AvgIpc) is 2.75. The minimum atomic E-state index is -0.541. The second kappa shape index (κ2) is 8.87. The molecule has 1 heterocycles. The Hall–Kier alpha value is -2.53. The van der Waals surface area contributed by atoms with Crippen LogP contribution >= 0.6 is 0 Å². The van der Waals surface area contributed by atoms with E-state index in [0.717, 1.165) is 50.5 Å². The van der Waals surface area contributed by atoms with Gasteiger partial charge in [0, 0.05) is 37.6 Å². The normalized spacial score (nSPS) is 18.1. The van der Waals surface area contributed by atoms with E-state index in [-0.39, 0.29) is 5.91 Å². The number of hydrogen-bond donors (Lipinski definition) is 1. The summed E-state index contributed by atoms with van der Waals surface area (Å²) in [5, 5.41) is 2.99. The maximum absolute atomic E-state index is 12.7. The number of hydrogen-bond acceptors (Lipinski definition) is 4. The van der Waals surface area contributed by atoms with Crippen LogP contribution in [0.25, 0.3) is 0 Å². The van der Waals surface area contributed by atoms with E-state index in [4.69, 9.17) is 4.74 Å². The molecule has 1 atom stereocenters. The molecule has 4 rings (SSSR count). The molecule has 29 heavy (non-hydrogen) atoms. The van der Waals surface area contributed by atoms with Crippen LogP contribution in [-0.4, -0.2) is 50.1 Å². The summed E-state index contributed by atoms with van der Waals surface area (Å²) < 4.78 is 6.05. The monoisotopic (exact) mass is 393 g/mol. The molecule has 1 amide bonds. The first-order valence-corrected chi connectivity index (χ1v) is 10.7. The van der Waals surface area contributed by atoms with Crippen molar-refractivity contribution in [2.24, 2.45) is 0 Å². The summed E-state index contributed by atoms with van der Waals surface area (Å²) in [6, 6.07) is 14.3. The van der Waals surface area contributed by atoms with Crippen LogP contribution < -0.4 is 15.0 Å². The van der Waals surface area contributed by atoms with Gasteiger partial charge in [0.1, 0.15) is 5.75 Å². The van der Waals surface area contributed by atoms with Gasteiger partial charge in [0.05, 0.1) is 0 Å². The molecule has 5 heteroatoms. The number of nitrogens with zero attached hydrogens (tertiary/aromatic N) is 2. The summed E-state index contributed by atoms with van der Waals surface area (Å²) in [4.78, 5) is 17.4. The van der Waals surface area contributed by atoms with Gasteiger partial charge in [-0.25, -0.2) is 0 Å². The van der Waals surface area contributed by atoms with Crippen LogP contribution in [0.1, 0.15) is 30.9 Å². The van der Waals surface area contributed by atoms with E-state index in [1.807, 2.05) is 31.2 Å². The molecule has 1 fully saturated rings. The van der Waals surface area contributed by atoms with Gasteiger partial charge in [0.25, 0.3) is 5.91 Å². The summed E-state index contributed by atoms with van der Waals surface area (Å²) >= 11 is 0. The summed E-state index contributed by atoms with van der Waals surface area (Å²) in [6.45, 7) is 6.05. The molecule has 0 bridgehead atoms. The Balaban J connectivity index is 1.35. The van der Waals surface area contributed by atoms with Gasteiger partial charge in [-0.15, -0.1) is 0 Å². The average molecular weight is 394 g/mol. The van der Waals surface area contributed by atoms with Gasteiger partial charge in [-0.3, -0.25) is 4.79 Å². The Morgan fingerprint density at radius 3 is 2.48 bits per heavy atom. The van der Waals surface area contributed by atoms with Gasteiger partial charge in [0.2, 0.25) is 0 Å². The lowest BCUT2D eigenvalue weighted by atomic mass is 9.91. The summed E-state index contributed by atoms with van der Waals surface area (Å²) in [5.74, 6) is 0.737. The molecule has 1 N–H and O–H groups in total. The Morgan fingerprint density at radius 1 is 1.00 bits per heavy atom. The van der Waals surface area contributed by atoms with Crippen molar-refractivity contribution in [2.75, 3.05) is 43.4 Å². The number of fused-ring (bicyclic) bond motifs is 1. The van der Waals surface area contributed by atoms with Gasteiger partial charge in [0.15, 0.2) is 6.10 Å². The highest BCUT2D eigenvalue weighted by atomic mass is 16.5. The highest BCUT2D eigenvalue weighted by molar-refractivity contribution is 5.94. The number of aryl methyl sites for hydroxylation is 1. The molecule has 2 aromatic rings. The Kier molecular flexibility index (Phi) is 6.05. The molecule has 0 saturated carbocycles. The lowest BCUT2D eigenvalue weighted by molar-refractivity contribution is -0.122. The van der Waals surface area contributed by atoms with Crippen molar-refractivity contribution in [3.8, 4) is 5.75 Å². The third-order valence-electron chi connectivity index (χ3n) is 6.03. The van der Waals surface area contributed by atoms with Crippen LogP contribution in [0.4, 0.5) is 11.4 Å². The van der Waals surface area contributed by atoms with E-state index in [1.54, 1.807) is 0 Å². The van der Waals surface area contributed by atoms with Gasteiger partial charge in [-0.1, -0.05) is 12.1 Å². The number of ether oxygens (including phenoxy) is 1. The summed E-state index contributed by atoms with van der Waals surface area (Å²) in [5.41, 5.74) is 4.64. The maximum atomic E-state index is 12.7. The minimum Gasteiger partial charge on any atom is -0.481 e. The largest absolute Gasteiger partial charge is 0.481 e. The van der Waals surface area contributed by atoms with Crippen molar-refractivity contribution in [3.05, 3.63) is 53.6 Å². The van der Waals surface area contributed by atoms with E-state index >= 15 is 0 Å². The predicted molar refractivity (Wildman–Crippen MR) is 118 cm³/mol. The smallest absolute Gasteiger partial charge is 0.265 e. The van der Waals surface area contributed by atoms with Crippen LogP contribution in [0, 0.1) is 0 Å². The number of amides is 1. The molecule has 1 aliphatic heterocycles. The van der Waals surface area contributed by atoms with Crippen LogP contribution in [0.5, 0.6) is 5.75 Å². The van der Waals surface area contributed by atoms with Crippen molar-refractivity contribution in [1.29, 1.82) is 0 Å². The molecule has 0 spiro atoms. The van der Waals surface area contributed by atoms with Crippen molar-refractivity contribution in [1.82, 2.24) is 4.90 Å². The van der Waals surface area contributed by atoms with E-state index in [1.165, 1.54) is 29.7 Å². The second-order valence-corrected chi connectivity index (χ2v) is 8.19. The van der Waals surface area contributed by atoms with E-state index < -0.39 is 6.10 Å². The maximum Gasteiger partial charge on any atom is 0.265 e. The van der Waals surface area contributed by atoms with Crippen LogP contribution in [-0.2, 0) is 17.6 Å². The molecule has 2 aliphatic rings. The third kappa shape index (κ3) is 4.73.